The smallest absolute Gasteiger partial charge is 0.319 e. The highest BCUT2D eigenvalue weighted by Crippen LogP contribution is 2.43. The number of urea groups is 1. The predicted octanol–water partition coefficient (Wildman–Crippen LogP) is 5.92. The zero-order valence-corrected chi connectivity index (χ0v) is 24.7. The number of furan rings is 1. The molecule has 3 atom stereocenters. The molecule has 1 fully saturated rings. The number of hydrogen-bond acceptors (Lipinski definition) is 7. The van der Waals surface area contributed by atoms with Gasteiger partial charge in [0.2, 0.25) is 5.85 Å². The van der Waals surface area contributed by atoms with Gasteiger partial charge in [-0.15, -0.1) is 6.58 Å². The second-order valence-electron chi connectivity index (χ2n) is 11.8. The zero-order valence-electron chi connectivity index (χ0n) is 24.7. The van der Waals surface area contributed by atoms with Crippen LogP contribution in [0.3, 0.4) is 0 Å². The number of nitrogens with one attached hydrogen (secondary N) is 1. The van der Waals surface area contributed by atoms with Crippen LogP contribution < -0.4 is 10.2 Å². The Morgan fingerprint density at radius 3 is 2.81 bits per heavy atom. The molecule has 1 unspecified atom stereocenters. The first-order valence-corrected chi connectivity index (χ1v) is 14.9. The second-order valence-corrected chi connectivity index (χ2v) is 11.8. The largest absolute Gasteiger partial charge is 0.452 e. The summed E-state index contributed by atoms with van der Waals surface area (Å²) >= 11 is 0. The third-order valence-electron chi connectivity index (χ3n) is 8.69. The van der Waals surface area contributed by atoms with E-state index in [1.165, 1.54) is 0 Å². The van der Waals surface area contributed by atoms with Gasteiger partial charge in [-0.1, -0.05) is 36.8 Å². The highest BCUT2D eigenvalue weighted by molar-refractivity contribution is 6.02. The van der Waals surface area contributed by atoms with Crippen LogP contribution in [0.1, 0.15) is 44.1 Å². The van der Waals surface area contributed by atoms with Crippen LogP contribution in [-0.2, 0) is 6.42 Å². The van der Waals surface area contributed by atoms with E-state index in [2.05, 4.69) is 21.8 Å². The van der Waals surface area contributed by atoms with Gasteiger partial charge in [-0.2, -0.15) is 0 Å². The van der Waals surface area contributed by atoms with Gasteiger partial charge in [-0.3, -0.25) is 0 Å². The van der Waals surface area contributed by atoms with Crippen molar-refractivity contribution in [3.8, 4) is 0 Å². The predicted molar refractivity (Wildman–Crippen MR) is 166 cm³/mol. The fourth-order valence-electron chi connectivity index (χ4n) is 6.58. The molecule has 0 bridgehead atoms. The first-order valence-electron chi connectivity index (χ1n) is 14.9. The number of para-hydroxylation sites is 3. The Kier molecular flexibility index (Phi) is 7.53. The molecule has 9 nitrogen and oxygen atoms in total. The molecule has 0 saturated carbocycles. The Morgan fingerprint density at radius 1 is 1.19 bits per heavy atom. The number of nitrogens with zero attached hydrogens (tertiary/aromatic N) is 5. The molecule has 4 aromatic rings. The van der Waals surface area contributed by atoms with Gasteiger partial charge in [0.1, 0.15) is 16.9 Å². The Labute approximate surface area is 246 Å². The molecule has 0 aliphatic carbocycles. The van der Waals surface area contributed by atoms with Gasteiger partial charge in [0.15, 0.2) is 5.58 Å². The van der Waals surface area contributed by atoms with Crippen LogP contribution in [0, 0.1) is 12.8 Å². The number of hydrogen-bond donors (Lipinski definition) is 2. The Balaban J connectivity index is 1.00. The van der Waals surface area contributed by atoms with Crippen LogP contribution in [0.25, 0.3) is 22.1 Å². The van der Waals surface area contributed by atoms with E-state index in [1.807, 2.05) is 78.4 Å². The van der Waals surface area contributed by atoms with Crippen molar-refractivity contribution in [2.24, 2.45) is 5.92 Å². The number of fused-ring (bicyclic) bond motifs is 4. The van der Waals surface area contributed by atoms with E-state index in [0.29, 0.717) is 19.6 Å². The Morgan fingerprint density at radius 2 is 1.98 bits per heavy atom. The molecule has 9 heteroatoms. The van der Waals surface area contributed by atoms with Gasteiger partial charge >= 0.3 is 6.03 Å². The standard InChI is InChI=1S/C33H40N6O3/c1-5-23-21-38(20-18-26(23)39-27-15-10-9-14-25(27)36-33(39,3)41)32(40)37(4)19-12-6-7-17-29-34-22(2)31-30(35-29)24-13-8-11-16-28(24)42-31/h5,8-11,13-16,23,26,36,41H,1,6-7,12,17-21H2,2-4H3/t23-,26-,33?/m0/s1. The molecular formula is C33H40N6O3. The number of benzene rings is 2. The summed E-state index contributed by atoms with van der Waals surface area (Å²) in [6, 6.07) is 16.0. The number of aryl methyl sites for hydroxylation is 2. The summed E-state index contributed by atoms with van der Waals surface area (Å²) < 4.78 is 5.96. The minimum Gasteiger partial charge on any atom is -0.452 e. The number of carbonyl (C=O) groups is 1. The molecule has 2 amide bonds. The van der Waals surface area contributed by atoms with Crippen LogP contribution in [0.5, 0.6) is 0 Å². The van der Waals surface area contributed by atoms with Crippen molar-refractivity contribution in [3.05, 3.63) is 72.7 Å². The SMILES string of the molecule is C=C[C@H]1CN(C(=O)N(C)CCCCCc2nc(C)c3oc4ccccc4c3n2)CC[C@@H]1N1c2ccccc2NC1(C)O. The summed E-state index contributed by atoms with van der Waals surface area (Å²) in [5.41, 5.74) is 5.25. The maximum absolute atomic E-state index is 13.4. The normalized spacial score (nSPS) is 21.9. The number of aromatic nitrogens is 2. The van der Waals surface area contributed by atoms with Crippen LogP contribution in [0.2, 0.25) is 0 Å². The molecular weight excluding hydrogens is 528 g/mol. The van der Waals surface area contributed by atoms with E-state index in [-0.39, 0.29) is 18.0 Å². The van der Waals surface area contributed by atoms with Crippen LogP contribution in [-0.4, -0.2) is 69.5 Å². The molecule has 0 spiro atoms. The van der Waals surface area contributed by atoms with Crippen molar-refractivity contribution < 1.29 is 14.3 Å². The molecule has 2 aliphatic heterocycles. The third-order valence-corrected chi connectivity index (χ3v) is 8.69. The van der Waals surface area contributed by atoms with E-state index in [9.17, 15) is 9.90 Å². The molecule has 42 heavy (non-hydrogen) atoms. The van der Waals surface area contributed by atoms with Crippen molar-refractivity contribution in [3.63, 3.8) is 0 Å². The summed E-state index contributed by atoms with van der Waals surface area (Å²) in [6.45, 7) is 9.74. The van der Waals surface area contributed by atoms with E-state index < -0.39 is 5.85 Å². The number of aliphatic hydroxyl groups is 1. The monoisotopic (exact) mass is 568 g/mol. The van der Waals surface area contributed by atoms with Crippen molar-refractivity contribution >= 4 is 39.5 Å². The van der Waals surface area contributed by atoms with Gasteiger partial charge in [-0.05, 0) is 50.5 Å². The van der Waals surface area contributed by atoms with Crippen molar-refractivity contribution in [1.29, 1.82) is 0 Å². The number of rotatable bonds is 8. The number of likely N-dealkylation sites (tertiary alicyclic amines) is 1. The minimum atomic E-state index is -1.19. The van der Waals surface area contributed by atoms with E-state index in [1.54, 1.807) is 6.92 Å². The van der Waals surface area contributed by atoms with Gasteiger partial charge in [0.25, 0.3) is 0 Å². The molecule has 4 heterocycles. The fourth-order valence-corrected chi connectivity index (χ4v) is 6.58. The van der Waals surface area contributed by atoms with Gasteiger partial charge in [-0.25, -0.2) is 14.8 Å². The molecule has 220 valence electrons. The maximum Gasteiger partial charge on any atom is 0.319 e. The van der Waals surface area contributed by atoms with Crippen molar-refractivity contribution in [2.75, 3.05) is 36.9 Å². The molecule has 0 radical (unpaired) electrons. The number of carbonyl (C=O) groups excluding carboxylic acids is 1. The average Bonchev–Trinajstić information content (AvgIpc) is 3.50. The van der Waals surface area contributed by atoms with E-state index in [4.69, 9.17) is 9.40 Å². The highest BCUT2D eigenvalue weighted by atomic mass is 16.3. The molecule has 6 rings (SSSR count). The summed E-state index contributed by atoms with van der Waals surface area (Å²) in [5, 5.41) is 15.4. The molecule has 2 aliphatic rings. The quantitative estimate of drug-likeness (QED) is 0.201. The molecule has 2 aromatic heterocycles. The van der Waals surface area contributed by atoms with Gasteiger partial charge in [0, 0.05) is 57.4 Å². The lowest BCUT2D eigenvalue weighted by molar-refractivity contribution is 0.0640. The number of unbranched alkanes of at least 4 members (excludes halogenated alkanes) is 2. The summed E-state index contributed by atoms with van der Waals surface area (Å²) in [4.78, 5) is 28.7. The average molecular weight is 569 g/mol. The Hall–Kier alpha value is -4.11. The fraction of sp³-hybridized carbons (Fsp3) is 0.424. The topological polar surface area (TPSA) is 98.0 Å². The van der Waals surface area contributed by atoms with E-state index >= 15 is 0 Å². The maximum atomic E-state index is 13.4. The lowest BCUT2D eigenvalue weighted by Crippen LogP contribution is -2.60. The zero-order chi connectivity index (χ0) is 29.4. The van der Waals surface area contributed by atoms with Crippen molar-refractivity contribution in [1.82, 2.24) is 19.8 Å². The highest BCUT2D eigenvalue weighted by Gasteiger charge is 2.45. The summed E-state index contributed by atoms with van der Waals surface area (Å²) in [5.74, 6) is -0.326. The van der Waals surface area contributed by atoms with Crippen LogP contribution in [0.15, 0.2) is 65.6 Å². The van der Waals surface area contributed by atoms with Gasteiger partial charge < -0.3 is 29.5 Å². The third kappa shape index (κ3) is 5.17. The molecule has 1 saturated heterocycles. The lowest BCUT2D eigenvalue weighted by atomic mass is 9.90. The summed E-state index contributed by atoms with van der Waals surface area (Å²) in [6.07, 6.45) is 6.32. The van der Waals surface area contributed by atoms with Crippen LogP contribution in [0.4, 0.5) is 16.2 Å². The first-order chi connectivity index (χ1) is 20.3. The lowest BCUT2D eigenvalue weighted by Gasteiger charge is -2.46. The van der Waals surface area contributed by atoms with E-state index in [0.717, 1.165) is 77.1 Å². The first kappa shape index (κ1) is 28.0. The Bertz CT molecular complexity index is 1610. The van der Waals surface area contributed by atoms with Crippen LogP contribution >= 0.6 is 0 Å². The second kappa shape index (κ2) is 11.3. The number of piperidine rings is 1. The minimum absolute atomic E-state index is 0.0312. The summed E-state index contributed by atoms with van der Waals surface area (Å²) in [7, 11) is 1.88. The molecule has 2 N–H and O–H groups in total. The number of amides is 2. The van der Waals surface area contributed by atoms with Crippen molar-refractivity contribution in [2.45, 2.75) is 57.8 Å². The number of anilines is 2. The van der Waals surface area contributed by atoms with Gasteiger partial charge in [0.05, 0.1) is 17.1 Å². The molecule has 2 aromatic carbocycles.